The van der Waals surface area contributed by atoms with E-state index in [4.69, 9.17) is 39.5 Å². The van der Waals surface area contributed by atoms with E-state index >= 15 is 0 Å². The van der Waals surface area contributed by atoms with E-state index in [0.29, 0.717) is 21.4 Å². The fraction of sp³-hybridized carbons (Fsp3) is 0.0870. The van der Waals surface area contributed by atoms with Crippen LogP contribution >= 0.6 is 34.8 Å². The van der Waals surface area contributed by atoms with Crippen molar-refractivity contribution in [3.05, 3.63) is 98.2 Å². The van der Waals surface area contributed by atoms with Crippen LogP contribution in [0.15, 0.2) is 65.8 Å². The van der Waals surface area contributed by atoms with Gasteiger partial charge in [0.1, 0.15) is 18.2 Å². The van der Waals surface area contributed by atoms with E-state index < -0.39 is 17.6 Å². The minimum Gasteiger partial charge on any atom is -0.488 e. The maximum Gasteiger partial charge on any atom is 0.329 e. The summed E-state index contributed by atoms with van der Waals surface area (Å²) in [4.78, 5) is 23.9. The first-order valence-electron chi connectivity index (χ1n) is 9.54. The first-order valence-corrected chi connectivity index (χ1v) is 10.7. The zero-order valence-electron chi connectivity index (χ0n) is 16.9. The number of hydrogen-bond acceptors (Lipinski definition) is 4. The maximum atomic E-state index is 14.0. The Balaban J connectivity index is 1.59. The zero-order valence-corrected chi connectivity index (χ0v) is 19.2. The number of hydrogen-bond donors (Lipinski definition) is 2. The average molecular weight is 509 g/mol. The van der Waals surface area contributed by atoms with Crippen LogP contribution in [-0.4, -0.2) is 18.0 Å². The topological polar surface area (TPSA) is 79.8 Å². The highest BCUT2D eigenvalue weighted by molar-refractivity contribution is 6.35. The van der Waals surface area contributed by atoms with Crippen molar-refractivity contribution in [3.63, 3.8) is 0 Å². The minimum atomic E-state index is -0.956. The Kier molecular flexibility index (Phi) is 8.65. The van der Waals surface area contributed by atoms with Gasteiger partial charge in [0, 0.05) is 27.7 Å². The van der Waals surface area contributed by atoms with Crippen LogP contribution in [0.1, 0.15) is 16.7 Å². The molecule has 0 heterocycles. The molecule has 33 heavy (non-hydrogen) atoms. The molecule has 6 nitrogen and oxygen atoms in total. The molecular formula is C23H17Cl3FN3O3. The number of rotatable bonds is 7. The molecule has 0 aliphatic rings. The summed E-state index contributed by atoms with van der Waals surface area (Å²) >= 11 is 17.9. The van der Waals surface area contributed by atoms with E-state index in [0.717, 1.165) is 5.56 Å². The predicted molar refractivity (Wildman–Crippen MR) is 126 cm³/mol. The number of amides is 2. The molecule has 2 amide bonds. The second-order valence-electron chi connectivity index (χ2n) is 6.68. The molecule has 0 saturated heterocycles. The van der Waals surface area contributed by atoms with Crippen LogP contribution in [0.3, 0.4) is 0 Å². The smallest absolute Gasteiger partial charge is 0.329 e. The molecule has 0 spiro atoms. The Morgan fingerprint density at radius 3 is 2.42 bits per heavy atom. The van der Waals surface area contributed by atoms with Crippen molar-refractivity contribution in [2.45, 2.75) is 13.2 Å². The van der Waals surface area contributed by atoms with Gasteiger partial charge in [0.15, 0.2) is 0 Å². The molecule has 0 aromatic heterocycles. The van der Waals surface area contributed by atoms with Crippen LogP contribution in [0, 0.1) is 5.82 Å². The summed E-state index contributed by atoms with van der Waals surface area (Å²) in [6.45, 7) is 0.0193. The van der Waals surface area contributed by atoms with Crippen LogP contribution in [0.25, 0.3) is 0 Å². The summed E-state index contributed by atoms with van der Waals surface area (Å²) in [5, 5.41) is 7.44. The fourth-order valence-electron chi connectivity index (χ4n) is 2.65. The lowest BCUT2D eigenvalue weighted by molar-refractivity contribution is -0.139. The van der Waals surface area contributed by atoms with E-state index in [-0.39, 0.29) is 23.7 Å². The van der Waals surface area contributed by atoms with Crippen molar-refractivity contribution in [2.75, 3.05) is 0 Å². The fourth-order valence-corrected chi connectivity index (χ4v) is 3.17. The number of halogens is 4. The third-order valence-corrected chi connectivity index (χ3v) is 5.19. The summed E-state index contributed by atoms with van der Waals surface area (Å²) in [5.41, 5.74) is 3.51. The average Bonchev–Trinajstić information content (AvgIpc) is 2.79. The molecule has 3 aromatic rings. The molecular weight excluding hydrogens is 492 g/mol. The summed E-state index contributed by atoms with van der Waals surface area (Å²) in [7, 11) is 0. The lowest BCUT2D eigenvalue weighted by Crippen LogP contribution is -2.37. The van der Waals surface area contributed by atoms with Crippen LogP contribution < -0.4 is 15.5 Å². The highest BCUT2D eigenvalue weighted by Gasteiger charge is 2.13. The Labute approximate surface area is 204 Å². The van der Waals surface area contributed by atoms with Gasteiger partial charge in [-0.15, -0.1) is 0 Å². The van der Waals surface area contributed by atoms with E-state index in [1.807, 2.05) is 0 Å². The second-order valence-corrected chi connectivity index (χ2v) is 7.96. The lowest BCUT2D eigenvalue weighted by Gasteiger charge is -2.11. The predicted octanol–water partition coefficient (Wildman–Crippen LogP) is 5.13. The third kappa shape index (κ3) is 7.18. The van der Waals surface area contributed by atoms with Gasteiger partial charge in [0.2, 0.25) is 0 Å². The number of carbonyl (C=O) groups excluding carboxylic acids is 2. The van der Waals surface area contributed by atoms with E-state index in [1.165, 1.54) is 24.4 Å². The van der Waals surface area contributed by atoms with Crippen LogP contribution in [0.5, 0.6) is 5.75 Å². The first-order chi connectivity index (χ1) is 15.8. The quantitative estimate of drug-likeness (QED) is 0.264. The molecule has 0 atom stereocenters. The molecule has 170 valence electrons. The molecule has 0 fully saturated rings. The van der Waals surface area contributed by atoms with Crippen molar-refractivity contribution in [3.8, 4) is 5.75 Å². The molecule has 0 bridgehead atoms. The zero-order chi connectivity index (χ0) is 23.8. The van der Waals surface area contributed by atoms with E-state index in [2.05, 4.69) is 15.8 Å². The summed E-state index contributed by atoms with van der Waals surface area (Å²) < 4.78 is 19.6. The van der Waals surface area contributed by atoms with Crippen LogP contribution in [0.4, 0.5) is 4.39 Å². The lowest BCUT2D eigenvalue weighted by atomic mass is 10.2. The monoisotopic (exact) mass is 507 g/mol. The van der Waals surface area contributed by atoms with Gasteiger partial charge in [0.05, 0.1) is 11.2 Å². The van der Waals surface area contributed by atoms with Crippen molar-refractivity contribution in [2.24, 2.45) is 5.10 Å². The molecule has 0 unspecified atom stereocenters. The number of nitrogens with zero attached hydrogens (tertiary/aromatic N) is 1. The number of carbonyl (C=O) groups is 2. The van der Waals surface area contributed by atoms with Gasteiger partial charge in [-0.3, -0.25) is 9.59 Å². The normalized spacial score (nSPS) is 10.8. The summed E-state index contributed by atoms with van der Waals surface area (Å²) in [5.74, 6) is -1.99. The Hall–Kier alpha value is -3.13. The third-order valence-electron chi connectivity index (χ3n) is 4.35. The van der Waals surface area contributed by atoms with Crippen molar-refractivity contribution in [1.29, 1.82) is 0 Å². The molecule has 0 aliphatic heterocycles. The molecule has 2 N–H and O–H groups in total. The first kappa shape index (κ1) is 24.5. The Morgan fingerprint density at radius 1 is 0.970 bits per heavy atom. The SMILES string of the molecule is O=C(NCc1ccc(Cl)cc1)C(=O)N/N=C\c1cc(Cl)ccc1OCc1c(F)cccc1Cl. The minimum absolute atomic E-state index is 0.132. The molecule has 3 rings (SSSR count). The van der Waals surface area contributed by atoms with Crippen molar-refractivity contribution < 1.29 is 18.7 Å². The standard InChI is InChI=1S/C23H17Cl3FN3O3/c24-16-6-4-14(5-7-16)11-28-22(31)23(32)30-29-12-15-10-17(25)8-9-21(15)33-13-18-19(26)2-1-3-20(18)27/h1-10,12H,11,13H2,(H,28,31)(H,30,32)/b29-12-. The molecule has 0 saturated carbocycles. The van der Waals surface area contributed by atoms with Gasteiger partial charge in [-0.05, 0) is 48.0 Å². The van der Waals surface area contributed by atoms with Gasteiger partial charge in [-0.25, -0.2) is 9.82 Å². The Morgan fingerprint density at radius 2 is 1.70 bits per heavy atom. The number of benzene rings is 3. The van der Waals surface area contributed by atoms with Crippen LogP contribution in [-0.2, 0) is 22.7 Å². The second kappa shape index (κ2) is 11.7. The maximum absolute atomic E-state index is 14.0. The highest BCUT2D eigenvalue weighted by atomic mass is 35.5. The number of hydrazone groups is 1. The molecule has 10 heteroatoms. The number of nitrogens with one attached hydrogen (secondary N) is 2. The van der Waals surface area contributed by atoms with Gasteiger partial charge < -0.3 is 10.1 Å². The van der Waals surface area contributed by atoms with E-state index in [9.17, 15) is 14.0 Å². The number of ether oxygens (including phenoxy) is 1. The van der Waals surface area contributed by atoms with Gasteiger partial charge in [0.25, 0.3) is 0 Å². The Bertz CT molecular complexity index is 1170. The highest BCUT2D eigenvalue weighted by Crippen LogP contribution is 2.25. The van der Waals surface area contributed by atoms with Gasteiger partial charge in [-0.1, -0.05) is 53.0 Å². The van der Waals surface area contributed by atoms with Gasteiger partial charge >= 0.3 is 11.8 Å². The van der Waals surface area contributed by atoms with Crippen molar-refractivity contribution in [1.82, 2.24) is 10.7 Å². The van der Waals surface area contributed by atoms with Crippen molar-refractivity contribution >= 4 is 52.8 Å². The molecule has 0 aliphatic carbocycles. The van der Waals surface area contributed by atoms with Gasteiger partial charge in [-0.2, -0.15) is 5.10 Å². The van der Waals surface area contributed by atoms with E-state index in [1.54, 1.807) is 42.5 Å². The largest absolute Gasteiger partial charge is 0.488 e. The van der Waals surface area contributed by atoms with Crippen LogP contribution in [0.2, 0.25) is 15.1 Å². The summed E-state index contributed by atoms with van der Waals surface area (Å²) in [6, 6.07) is 15.8. The summed E-state index contributed by atoms with van der Waals surface area (Å²) in [6.07, 6.45) is 1.26. The molecule has 0 radical (unpaired) electrons. The molecule has 3 aromatic carbocycles.